The second-order valence-corrected chi connectivity index (χ2v) is 9.56. The van der Waals surface area contributed by atoms with Crippen molar-refractivity contribution < 1.29 is 17.6 Å². The number of halogens is 1. The Morgan fingerprint density at radius 2 is 1.77 bits per heavy atom. The molecule has 0 bridgehead atoms. The highest BCUT2D eigenvalue weighted by Gasteiger charge is 2.26. The first-order valence-electron chi connectivity index (χ1n) is 10.5. The van der Waals surface area contributed by atoms with Crippen LogP contribution in [0.15, 0.2) is 39.6 Å². The lowest BCUT2D eigenvalue weighted by Gasteiger charge is -2.36. The van der Waals surface area contributed by atoms with Crippen LogP contribution in [0.25, 0.3) is 0 Å². The van der Waals surface area contributed by atoms with Crippen molar-refractivity contribution in [1.29, 1.82) is 0 Å². The summed E-state index contributed by atoms with van der Waals surface area (Å²) in [5.41, 5.74) is 1.20. The minimum absolute atomic E-state index is 0.0590. The van der Waals surface area contributed by atoms with E-state index in [2.05, 4.69) is 22.0 Å². The van der Waals surface area contributed by atoms with E-state index in [4.69, 9.17) is 16.0 Å². The fourth-order valence-electron chi connectivity index (χ4n) is 3.69. The highest BCUT2D eigenvalue weighted by molar-refractivity contribution is 7.89. The van der Waals surface area contributed by atoms with Crippen LogP contribution in [0.5, 0.6) is 0 Å². The Kier molecular flexibility index (Phi) is 7.64. The summed E-state index contributed by atoms with van der Waals surface area (Å²) in [7, 11) is -3.67. The molecule has 1 aromatic heterocycles. The van der Waals surface area contributed by atoms with Crippen molar-refractivity contribution in [3.05, 3.63) is 41.3 Å². The van der Waals surface area contributed by atoms with Gasteiger partial charge in [0.1, 0.15) is 0 Å². The van der Waals surface area contributed by atoms with Gasteiger partial charge in [-0.25, -0.2) is 8.42 Å². The average Bonchev–Trinajstić information content (AvgIpc) is 3.21. The number of carbonyl (C=O) groups is 1. The van der Waals surface area contributed by atoms with Crippen molar-refractivity contribution in [3.63, 3.8) is 0 Å². The molecule has 1 N–H and O–H groups in total. The summed E-state index contributed by atoms with van der Waals surface area (Å²) >= 11 is 5.80. The van der Waals surface area contributed by atoms with E-state index in [1.807, 2.05) is 0 Å². The van der Waals surface area contributed by atoms with Gasteiger partial charge >= 0.3 is 0 Å². The molecule has 1 aliphatic rings. The van der Waals surface area contributed by atoms with Crippen LogP contribution in [0.1, 0.15) is 31.3 Å². The van der Waals surface area contributed by atoms with Crippen LogP contribution in [-0.4, -0.2) is 69.3 Å². The number of piperazine rings is 1. The molecule has 0 spiro atoms. The summed E-state index contributed by atoms with van der Waals surface area (Å²) in [6.07, 6.45) is 0. The van der Waals surface area contributed by atoms with Crippen molar-refractivity contribution in [1.82, 2.24) is 9.21 Å². The highest BCUT2D eigenvalue weighted by atomic mass is 35.5. The molecule has 0 aliphatic carbocycles. The number of rotatable bonds is 8. The number of benzene rings is 1. The number of amides is 1. The third kappa shape index (κ3) is 5.23. The number of hydrogen-bond donors (Lipinski definition) is 1. The maximum atomic E-state index is 13.0. The van der Waals surface area contributed by atoms with E-state index in [1.54, 1.807) is 26.0 Å². The predicted molar refractivity (Wildman–Crippen MR) is 123 cm³/mol. The largest absolute Gasteiger partial charge is 0.440 e. The lowest BCUT2D eigenvalue weighted by molar-refractivity contribution is 0.0996. The molecule has 10 heteroatoms. The van der Waals surface area contributed by atoms with Crippen LogP contribution in [0, 0.1) is 0 Å². The van der Waals surface area contributed by atoms with Gasteiger partial charge in [0.05, 0.1) is 16.3 Å². The lowest BCUT2D eigenvalue weighted by atomic mass is 10.2. The zero-order chi connectivity index (χ0) is 22.6. The molecular formula is C21H29ClN4O4S. The number of nitrogens with one attached hydrogen (secondary N) is 1. The Morgan fingerprint density at radius 3 is 2.32 bits per heavy atom. The van der Waals surface area contributed by atoms with Crippen molar-refractivity contribution in [2.24, 2.45) is 0 Å². The first kappa shape index (κ1) is 23.6. The third-order valence-electron chi connectivity index (χ3n) is 5.52. The summed E-state index contributed by atoms with van der Waals surface area (Å²) in [5.74, 6) is -0.429. The average molecular weight is 469 g/mol. The fraction of sp³-hybridized carbons (Fsp3) is 0.476. The van der Waals surface area contributed by atoms with Crippen LogP contribution < -0.4 is 10.2 Å². The number of nitrogens with zero attached hydrogens (tertiary/aromatic N) is 3. The Hall–Kier alpha value is -2.07. The molecule has 1 amide bonds. The number of furan rings is 1. The minimum atomic E-state index is -3.67. The summed E-state index contributed by atoms with van der Waals surface area (Å²) in [5, 5.41) is 2.93. The van der Waals surface area contributed by atoms with Gasteiger partial charge in [-0.05, 0) is 48.5 Å². The number of likely N-dealkylation sites (N-methyl/N-ethyl adjacent to an activating group) is 1. The van der Waals surface area contributed by atoms with Crippen molar-refractivity contribution in [3.8, 4) is 0 Å². The lowest BCUT2D eigenvalue weighted by Crippen LogP contribution is -2.46. The molecule has 31 heavy (non-hydrogen) atoms. The molecule has 2 aromatic rings. The van der Waals surface area contributed by atoms with Crippen LogP contribution in [0.4, 0.5) is 11.4 Å². The Labute approximate surface area is 188 Å². The smallest absolute Gasteiger partial charge is 0.291 e. The predicted octanol–water partition coefficient (Wildman–Crippen LogP) is 3.36. The van der Waals surface area contributed by atoms with Crippen LogP contribution in [-0.2, 0) is 10.0 Å². The number of carbonyl (C=O) groups excluding carboxylic acids is 1. The van der Waals surface area contributed by atoms with Gasteiger partial charge < -0.3 is 19.5 Å². The van der Waals surface area contributed by atoms with Crippen molar-refractivity contribution in [2.45, 2.75) is 25.7 Å². The topological polar surface area (TPSA) is 86.1 Å². The van der Waals surface area contributed by atoms with Gasteiger partial charge in [0.15, 0.2) is 11.0 Å². The number of sulfonamides is 1. The zero-order valence-electron chi connectivity index (χ0n) is 18.1. The Bertz CT molecular complexity index is 1010. The van der Waals surface area contributed by atoms with E-state index in [9.17, 15) is 13.2 Å². The SMILES string of the molecule is CCN1CCN(c2ccc(S(=O)(=O)N(CC)CC)cc2NC(=O)c2ccc(Cl)o2)CC1. The minimum Gasteiger partial charge on any atom is -0.440 e. The van der Waals surface area contributed by atoms with Crippen molar-refractivity contribution in [2.75, 3.05) is 56.0 Å². The van der Waals surface area contributed by atoms with E-state index >= 15 is 0 Å². The van der Waals surface area contributed by atoms with Gasteiger partial charge in [-0.1, -0.05) is 20.8 Å². The molecule has 170 valence electrons. The van der Waals surface area contributed by atoms with Gasteiger partial charge in [0.2, 0.25) is 10.0 Å². The molecule has 0 unspecified atom stereocenters. The van der Waals surface area contributed by atoms with E-state index in [-0.39, 0.29) is 15.9 Å². The highest BCUT2D eigenvalue weighted by Crippen LogP contribution is 2.31. The summed E-state index contributed by atoms with van der Waals surface area (Å²) in [6, 6.07) is 7.87. The molecular weight excluding hydrogens is 440 g/mol. The monoisotopic (exact) mass is 468 g/mol. The summed E-state index contributed by atoms with van der Waals surface area (Å²) in [4.78, 5) is 17.4. The van der Waals surface area contributed by atoms with E-state index in [0.717, 1.165) is 38.4 Å². The number of hydrogen-bond acceptors (Lipinski definition) is 6. The third-order valence-corrected chi connectivity index (χ3v) is 7.77. The molecule has 1 aliphatic heterocycles. The normalized spacial score (nSPS) is 15.5. The molecule has 0 saturated carbocycles. The molecule has 1 aromatic carbocycles. The van der Waals surface area contributed by atoms with Gasteiger partial charge in [0.25, 0.3) is 5.91 Å². The Morgan fingerprint density at radius 1 is 1.10 bits per heavy atom. The molecule has 1 fully saturated rings. The molecule has 0 radical (unpaired) electrons. The van der Waals surface area contributed by atoms with Gasteiger partial charge in [-0.2, -0.15) is 4.31 Å². The second-order valence-electron chi connectivity index (χ2n) is 7.25. The zero-order valence-corrected chi connectivity index (χ0v) is 19.7. The second kappa shape index (κ2) is 10.0. The maximum Gasteiger partial charge on any atom is 0.291 e. The fourth-order valence-corrected chi connectivity index (χ4v) is 5.32. The first-order chi connectivity index (χ1) is 14.8. The molecule has 8 nitrogen and oxygen atoms in total. The van der Waals surface area contributed by atoms with E-state index in [0.29, 0.717) is 18.8 Å². The van der Waals surface area contributed by atoms with E-state index < -0.39 is 15.9 Å². The quantitative estimate of drug-likeness (QED) is 0.639. The van der Waals surface area contributed by atoms with Gasteiger partial charge in [-0.3, -0.25) is 4.79 Å². The standard InChI is InChI=1S/C21H29ClN4O4S/c1-4-24-11-13-25(14-12-24)18-8-7-16(31(28,29)26(5-2)6-3)15-17(18)23-21(27)19-9-10-20(22)30-19/h7-10,15H,4-6,11-14H2,1-3H3,(H,23,27). The summed E-state index contributed by atoms with van der Waals surface area (Å²) in [6.45, 7) is 10.8. The summed E-state index contributed by atoms with van der Waals surface area (Å²) < 4.78 is 32.7. The van der Waals surface area contributed by atoms with E-state index in [1.165, 1.54) is 22.5 Å². The maximum absolute atomic E-state index is 13.0. The molecule has 2 heterocycles. The van der Waals surface area contributed by atoms with Crippen LogP contribution in [0.3, 0.4) is 0 Å². The van der Waals surface area contributed by atoms with Crippen LogP contribution >= 0.6 is 11.6 Å². The first-order valence-corrected chi connectivity index (χ1v) is 12.3. The van der Waals surface area contributed by atoms with Crippen molar-refractivity contribution >= 4 is 38.9 Å². The molecule has 3 rings (SSSR count). The Balaban J connectivity index is 1.97. The molecule has 0 atom stereocenters. The molecule has 1 saturated heterocycles. The van der Waals surface area contributed by atoms with Gasteiger partial charge in [-0.15, -0.1) is 0 Å². The van der Waals surface area contributed by atoms with Gasteiger partial charge in [0, 0.05) is 39.3 Å². The van der Waals surface area contributed by atoms with Crippen LogP contribution in [0.2, 0.25) is 5.22 Å². The number of anilines is 2.